The molecule has 0 bridgehead atoms. The molecule has 0 aliphatic carbocycles. The number of nitrogens with zero attached hydrogens (tertiary/aromatic N) is 2. The van der Waals surface area contributed by atoms with Crippen LogP contribution in [-0.4, -0.2) is 36.6 Å². The summed E-state index contributed by atoms with van der Waals surface area (Å²) >= 11 is 6.15. The first-order valence-corrected chi connectivity index (χ1v) is 11.0. The van der Waals surface area contributed by atoms with Gasteiger partial charge in [-0.3, -0.25) is 14.9 Å². The SMILES string of the molecule is O=C(Nc1cccc([N+](=O)[O-])c1)c1ccc(Cl)c(S(=O)(=O)N2CCCCCC2)c1. The molecule has 0 atom stereocenters. The van der Waals surface area contributed by atoms with Crippen molar-refractivity contribution in [3.05, 3.63) is 63.2 Å². The van der Waals surface area contributed by atoms with E-state index >= 15 is 0 Å². The van der Waals surface area contributed by atoms with Crippen LogP contribution in [0.15, 0.2) is 47.4 Å². The maximum absolute atomic E-state index is 13.0. The quantitative estimate of drug-likeness (QED) is 0.560. The van der Waals surface area contributed by atoms with Crippen molar-refractivity contribution in [1.82, 2.24) is 4.31 Å². The molecule has 29 heavy (non-hydrogen) atoms. The fourth-order valence-electron chi connectivity index (χ4n) is 3.16. The number of non-ortho nitro benzene ring substituents is 1. The molecule has 8 nitrogen and oxygen atoms in total. The highest BCUT2D eigenvalue weighted by atomic mass is 35.5. The Hall–Kier alpha value is -2.49. The summed E-state index contributed by atoms with van der Waals surface area (Å²) in [7, 11) is -3.83. The van der Waals surface area contributed by atoms with Crippen LogP contribution in [0.1, 0.15) is 36.0 Å². The van der Waals surface area contributed by atoms with Crippen molar-refractivity contribution < 1.29 is 18.1 Å². The first kappa shape index (κ1) is 21.2. The summed E-state index contributed by atoms with van der Waals surface area (Å²) in [6.07, 6.45) is 3.52. The molecule has 154 valence electrons. The second-order valence-corrected chi connectivity index (χ2v) is 9.04. The Morgan fingerprint density at radius 2 is 1.76 bits per heavy atom. The van der Waals surface area contributed by atoms with Gasteiger partial charge in [-0.2, -0.15) is 4.31 Å². The van der Waals surface area contributed by atoms with Crippen LogP contribution in [0, 0.1) is 10.1 Å². The Kier molecular flexibility index (Phi) is 6.51. The summed E-state index contributed by atoms with van der Waals surface area (Å²) in [5, 5.41) is 13.5. The third-order valence-corrected chi connectivity index (χ3v) is 7.07. The molecule has 0 spiro atoms. The number of amides is 1. The van der Waals surface area contributed by atoms with E-state index in [0.29, 0.717) is 13.1 Å². The first-order valence-electron chi connectivity index (χ1n) is 9.14. The van der Waals surface area contributed by atoms with Crippen molar-refractivity contribution >= 4 is 38.9 Å². The third-order valence-electron chi connectivity index (χ3n) is 4.69. The molecule has 2 aromatic carbocycles. The zero-order chi connectivity index (χ0) is 21.0. The molecule has 1 aliphatic rings. The van der Waals surface area contributed by atoms with Crippen molar-refractivity contribution in [2.24, 2.45) is 0 Å². The van der Waals surface area contributed by atoms with Gasteiger partial charge in [-0.15, -0.1) is 0 Å². The van der Waals surface area contributed by atoms with Gasteiger partial charge >= 0.3 is 0 Å². The molecule has 0 unspecified atom stereocenters. The maximum Gasteiger partial charge on any atom is 0.271 e. The number of sulfonamides is 1. The van der Waals surface area contributed by atoms with Gasteiger partial charge in [-0.05, 0) is 37.1 Å². The van der Waals surface area contributed by atoms with Gasteiger partial charge < -0.3 is 5.32 Å². The van der Waals surface area contributed by atoms with Crippen molar-refractivity contribution in [3.63, 3.8) is 0 Å². The molecule has 1 amide bonds. The number of halogens is 1. The van der Waals surface area contributed by atoms with E-state index in [1.54, 1.807) is 0 Å². The minimum atomic E-state index is -3.83. The van der Waals surface area contributed by atoms with E-state index in [1.165, 1.54) is 46.8 Å². The van der Waals surface area contributed by atoms with E-state index in [4.69, 9.17) is 11.6 Å². The number of rotatable bonds is 5. The fourth-order valence-corrected chi connectivity index (χ4v) is 5.18. The van der Waals surface area contributed by atoms with E-state index < -0.39 is 20.9 Å². The largest absolute Gasteiger partial charge is 0.322 e. The molecule has 0 radical (unpaired) electrons. The minimum Gasteiger partial charge on any atom is -0.322 e. The Balaban J connectivity index is 1.87. The summed E-state index contributed by atoms with van der Waals surface area (Å²) in [6, 6.07) is 9.52. The van der Waals surface area contributed by atoms with E-state index in [-0.39, 0.29) is 26.9 Å². The van der Waals surface area contributed by atoms with Gasteiger partial charge in [0.1, 0.15) is 4.90 Å². The van der Waals surface area contributed by atoms with Crippen LogP contribution in [0.25, 0.3) is 0 Å². The molecule has 10 heteroatoms. The van der Waals surface area contributed by atoms with E-state index in [2.05, 4.69) is 5.32 Å². The van der Waals surface area contributed by atoms with Gasteiger partial charge in [0.25, 0.3) is 11.6 Å². The second-order valence-electron chi connectivity index (χ2n) is 6.73. The zero-order valence-corrected chi connectivity index (χ0v) is 17.1. The summed E-state index contributed by atoms with van der Waals surface area (Å²) in [5.41, 5.74) is 0.161. The summed E-state index contributed by atoms with van der Waals surface area (Å²) in [5.74, 6) is -0.588. The van der Waals surface area contributed by atoms with Gasteiger partial charge in [0.2, 0.25) is 10.0 Å². The van der Waals surface area contributed by atoms with E-state index in [1.807, 2.05) is 0 Å². The Bertz CT molecular complexity index is 1030. The standard InChI is InChI=1S/C19H20ClN3O5S/c20-17-9-8-14(19(24)21-15-6-5-7-16(13-15)23(25)26)12-18(17)29(27,28)22-10-3-1-2-4-11-22/h5-9,12-13H,1-4,10-11H2,(H,21,24). The highest BCUT2D eigenvalue weighted by Gasteiger charge is 2.28. The lowest BCUT2D eigenvalue weighted by Gasteiger charge is -2.21. The van der Waals surface area contributed by atoms with Crippen molar-refractivity contribution in [3.8, 4) is 0 Å². The third kappa shape index (κ3) is 4.92. The summed E-state index contributed by atoms with van der Waals surface area (Å²) < 4.78 is 27.5. The summed E-state index contributed by atoms with van der Waals surface area (Å²) in [4.78, 5) is 22.8. The van der Waals surface area contributed by atoms with Crippen LogP contribution in [0.4, 0.5) is 11.4 Å². The number of benzene rings is 2. The highest BCUT2D eigenvalue weighted by Crippen LogP contribution is 2.28. The first-order chi connectivity index (χ1) is 13.8. The minimum absolute atomic E-state index is 0.0427. The molecule has 1 heterocycles. The lowest BCUT2D eigenvalue weighted by molar-refractivity contribution is -0.384. The van der Waals surface area contributed by atoms with Gasteiger partial charge in [0.05, 0.1) is 9.95 Å². The molecular weight excluding hydrogens is 418 g/mol. The second kappa shape index (κ2) is 8.89. The molecule has 0 aromatic heterocycles. The molecule has 1 aliphatic heterocycles. The van der Waals surface area contributed by atoms with Crippen molar-refractivity contribution in [1.29, 1.82) is 0 Å². The molecule has 1 saturated heterocycles. The normalized spacial score (nSPS) is 15.5. The monoisotopic (exact) mass is 437 g/mol. The molecule has 1 fully saturated rings. The molecule has 3 rings (SSSR count). The van der Waals surface area contributed by atoms with Crippen molar-refractivity contribution in [2.45, 2.75) is 30.6 Å². The number of anilines is 1. The fraction of sp³-hybridized carbons (Fsp3) is 0.316. The smallest absolute Gasteiger partial charge is 0.271 e. The highest BCUT2D eigenvalue weighted by molar-refractivity contribution is 7.89. The molecular formula is C19H20ClN3O5S. The predicted octanol–water partition coefficient (Wildman–Crippen LogP) is 4.07. The number of nitro groups is 1. The van der Waals surface area contributed by atoms with Gasteiger partial charge in [0.15, 0.2) is 0 Å². The van der Waals surface area contributed by atoms with Crippen LogP contribution in [0.5, 0.6) is 0 Å². The number of hydrogen-bond acceptors (Lipinski definition) is 5. The van der Waals surface area contributed by atoms with Crippen LogP contribution < -0.4 is 5.32 Å². The Morgan fingerprint density at radius 1 is 1.07 bits per heavy atom. The number of carbonyl (C=O) groups is 1. The van der Waals surface area contributed by atoms with Crippen LogP contribution in [-0.2, 0) is 10.0 Å². The zero-order valence-electron chi connectivity index (χ0n) is 15.5. The molecule has 0 saturated carbocycles. The molecule has 2 aromatic rings. The van der Waals surface area contributed by atoms with Crippen molar-refractivity contribution in [2.75, 3.05) is 18.4 Å². The predicted molar refractivity (Wildman–Crippen MR) is 110 cm³/mol. The van der Waals surface area contributed by atoms with Gasteiger partial charge in [-0.25, -0.2) is 8.42 Å². The Morgan fingerprint density at radius 3 is 2.41 bits per heavy atom. The molecule has 1 N–H and O–H groups in total. The van der Waals surface area contributed by atoms with Crippen LogP contribution in [0.3, 0.4) is 0 Å². The van der Waals surface area contributed by atoms with E-state index in [0.717, 1.165) is 25.7 Å². The van der Waals surface area contributed by atoms with Gasteiger partial charge in [0, 0.05) is 36.5 Å². The van der Waals surface area contributed by atoms with Gasteiger partial charge in [-0.1, -0.05) is 30.5 Å². The number of hydrogen-bond donors (Lipinski definition) is 1. The number of nitro benzene ring substituents is 1. The summed E-state index contributed by atoms with van der Waals surface area (Å²) in [6.45, 7) is 0.839. The topological polar surface area (TPSA) is 110 Å². The average molecular weight is 438 g/mol. The maximum atomic E-state index is 13.0. The Labute approximate surface area is 173 Å². The number of carbonyl (C=O) groups excluding carboxylic acids is 1. The lowest BCUT2D eigenvalue weighted by atomic mass is 10.2. The average Bonchev–Trinajstić information content (AvgIpc) is 2.98. The number of nitrogens with one attached hydrogen (secondary N) is 1. The van der Waals surface area contributed by atoms with Crippen LogP contribution in [0.2, 0.25) is 5.02 Å². The lowest BCUT2D eigenvalue weighted by Crippen LogP contribution is -2.32. The van der Waals surface area contributed by atoms with Crippen LogP contribution >= 0.6 is 11.6 Å². The van der Waals surface area contributed by atoms with E-state index in [9.17, 15) is 23.3 Å².